The quantitative estimate of drug-likeness (QED) is 0.867. The molecule has 0 fully saturated rings. The first-order chi connectivity index (χ1) is 10.9. The minimum atomic E-state index is -1.23. The lowest BCUT2D eigenvalue weighted by molar-refractivity contribution is -0.139. The number of benzene rings is 1. The number of carbonyl (C=O) groups is 2. The number of rotatable bonds is 4. The van der Waals surface area contributed by atoms with E-state index >= 15 is 0 Å². The Morgan fingerprint density at radius 2 is 1.91 bits per heavy atom. The van der Waals surface area contributed by atoms with E-state index in [4.69, 9.17) is 4.74 Å². The van der Waals surface area contributed by atoms with Crippen molar-refractivity contribution in [2.24, 2.45) is 0 Å². The van der Waals surface area contributed by atoms with Gasteiger partial charge in [-0.2, -0.15) is 0 Å². The molecule has 1 aromatic rings. The molecule has 0 aromatic heterocycles. The van der Waals surface area contributed by atoms with Crippen molar-refractivity contribution in [3.05, 3.63) is 46.7 Å². The minimum absolute atomic E-state index is 0.0253. The van der Waals surface area contributed by atoms with Crippen LogP contribution in [0, 0.1) is 11.6 Å². The van der Waals surface area contributed by atoms with Gasteiger partial charge in [-0.3, -0.25) is 4.90 Å². The fraction of sp³-hybridized carbons (Fsp3) is 0.375. The van der Waals surface area contributed by atoms with Crippen molar-refractivity contribution in [2.45, 2.75) is 26.8 Å². The normalized spacial score (nSPS) is 18.0. The monoisotopic (exact) mass is 324 g/mol. The van der Waals surface area contributed by atoms with Gasteiger partial charge in [0.2, 0.25) is 0 Å². The number of hydrogen-bond donors (Lipinski definition) is 1. The van der Waals surface area contributed by atoms with Crippen LogP contribution in [0.25, 0.3) is 0 Å². The van der Waals surface area contributed by atoms with Crippen molar-refractivity contribution in [2.75, 3.05) is 13.2 Å². The van der Waals surface area contributed by atoms with Crippen molar-refractivity contribution < 1.29 is 23.1 Å². The summed E-state index contributed by atoms with van der Waals surface area (Å²) < 4.78 is 33.2. The van der Waals surface area contributed by atoms with Crippen molar-refractivity contribution in [1.29, 1.82) is 0 Å². The Morgan fingerprint density at radius 3 is 2.43 bits per heavy atom. The SMILES string of the molecule is CCOC(=O)C1=C(C)N(CC)C(=O)N[C@@H]1c1c(F)cccc1F. The zero-order valence-electron chi connectivity index (χ0n) is 13.2. The van der Waals surface area contributed by atoms with Gasteiger partial charge >= 0.3 is 12.0 Å². The van der Waals surface area contributed by atoms with E-state index in [2.05, 4.69) is 5.32 Å². The van der Waals surface area contributed by atoms with Crippen molar-refractivity contribution in [3.63, 3.8) is 0 Å². The molecule has 1 heterocycles. The van der Waals surface area contributed by atoms with E-state index in [1.807, 2.05) is 0 Å². The predicted octanol–water partition coefficient (Wildman–Crippen LogP) is 2.89. The molecule has 1 atom stereocenters. The number of halogens is 2. The average Bonchev–Trinajstić information content (AvgIpc) is 2.47. The lowest BCUT2D eigenvalue weighted by Gasteiger charge is -2.34. The highest BCUT2D eigenvalue weighted by Crippen LogP contribution is 2.33. The van der Waals surface area contributed by atoms with Crippen molar-refractivity contribution in [3.8, 4) is 0 Å². The molecule has 2 amide bonds. The number of carbonyl (C=O) groups excluding carboxylic acids is 2. The lowest BCUT2D eigenvalue weighted by atomic mass is 9.94. The summed E-state index contributed by atoms with van der Waals surface area (Å²) >= 11 is 0. The van der Waals surface area contributed by atoms with Crippen LogP contribution in [-0.4, -0.2) is 30.1 Å². The summed E-state index contributed by atoms with van der Waals surface area (Å²) in [5.74, 6) is -2.39. The van der Waals surface area contributed by atoms with Gasteiger partial charge in [0.15, 0.2) is 0 Å². The molecule has 0 bridgehead atoms. The zero-order valence-corrected chi connectivity index (χ0v) is 13.2. The Labute approximate surface area is 132 Å². The van der Waals surface area contributed by atoms with Gasteiger partial charge in [0.1, 0.15) is 11.6 Å². The first kappa shape index (κ1) is 16.9. The van der Waals surface area contributed by atoms with E-state index in [1.165, 1.54) is 11.0 Å². The summed E-state index contributed by atoms with van der Waals surface area (Å²) in [6.07, 6.45) is 0. The predicted molar refractivity (Wildman–Crippen MR) is 79.3 cm³/mol. The molecule has 0 saturated heterocycles. The second-order valence-electron chi connectivity index (χ2n) is 4.98. The number of urea groups is 1. The zero-order chi connectivity index (χ0) is 17.1. The van der Waals surface area contributed by atoms with Crippen LogP contribution in [0.15, 0.2) is 29.5 Å². The number of nitrogens with zero attached hydrogens (tertiary/aromatic N) is 1. The largest absolute Gasteiger partial charge is 0.463 e. The Hall–Kier alpha value is -2.44. The second kappa shape index (κ2) is 6.76. The number of allylic oxidation sites excluding steroid dienone is 1. The summed E-state index contributed by atoms with van der Waals surface area (Å²) in [6.45, 7) is 5.34. The van der Waals surface area contributed by atoms with E-state index in [-0.39, 0.29) is 17.7 Å². The Bertz CT molecular complexity index is 653. The van der Waals surface area contributed by atoms with Gasteiger partial charge in [0.05, 0.1) is 23.8 Å². The maximum absolute atomic E-state index is 14.1. The fourth-order valence-electron chi connectivity index (χ4n) is 2.64. The Kier molecular flexibility index (Phi) is 4.98. The molecule has 1 aliphatic rings. The highest BCUT2D eigenvalue weighted by Gasteiger charge is 2.38. The highest BCUT2D eigenvalue weighted by atomic mass is 19.1. The van der Waals surface area contributed by atoms with Gasteiger partial charge in [-0.05, 0) is 32.9 Å². The molecule has 0 saturated carbocycles. The van der Waals surface area contributed by atoms with Crippen LogP contribution in [0.4, 0.5) is 13.6 Å². The van der Waals surface area contributed by atoms with Gasteiger partial charge in [-0.1, -0.05) is 6.07 Å². The van der Waals surface area contributed by atoms with E-state index in [9.17, 15) is 18.4 Å². The van der Waals surface area contributed by atoms with Crippen LogP contribution in [0.3, 0.4) is 0 Å². The maximum Gasteiger partial charge on any atom is 0.338 e. The average molecular weight is 324 g/mol. The van der Waals surface area contributed by atoms with Gasteiger partial charge in [0, 0.05) is 12.2 Å². The summed E-state index contributed by atoms with van der Waals surface area (Å²) in [6, 6.07) is 1.62. The fourth-order valence-corrected chi connectivity index (χ4v) is 2.64. The number of nitrogens with one attached hydrogen (secondary N) is 1. The molecule has 1 aromatic carbocycles. The van der Waals surface area contributed by atoms with Crippen LogP contribution < -0.4 is 5.32 Å². The number of amides is 2. The van der Waals surface area contributed by atoms with E-state index in [1.54, 1.807) is 20.8 Å². The maximum atomic E-state index is 14.1. The van der Waals surface area contributed by atoms with E-state index in [0.29, 0.717) is 12.2 Å². The molecular weight excluding hydrogens is 306 g/mol. The summed E-state index contributed by atoms with van der Waals surface area (Å²) in [7, 11) is 0. The first-order valence-corrected chi connectivity index (χ1v) is 7.32. The third-order valence-corrected chi connectivity index (χ3v) is 3.70. The summed E-state index contributed by atoms with van der Waals surface area (Å²) in [5, 5.41) is 2.48. The van der Waals surface area contributed by atoms with Gasteiger partial charge < -0.3 is 10.1 Å². The van der Waals surface area contributed by atoms with E-state index < -0.39 is 29.7 Å². The molecule has 1 N–H and O–H groups in total. The number of hydrogen-bond acceptors (Lipinski definition) is 3. The number of esters is 1. The number of ether oxygens (including phenoxy) is 1. The molecular formula is C16H18F2N2O3. The third-order valence-electron chi connectivity index (χ3n) is 3.70. The van der Waals surface area contributed by atoms with Crippen LogP contribution in [-0.2, 0) is 9.53 Å². The van der Waals surface area contributed by atoms with E-state index in [0.717, 1.165) is 12.1 Å². The van der Waals surface area contributed by atoms with Crippen LogP contribution in [0.2, 0.25) is 0 Å². The van der Waals surface area contributed by atoms with Crippen LogP contribution in [0.1, 0.15) is 32.4 Å². The molecule has 1 aliphatic heterocycles. The third kappa shape index (κ3) is 3.04. The molecule has 124 valence electrons. The van der Waals surface area contributed by atoms with Crippen LogP contribution >= 0.6 is 0 Å². The van der Waals surface area contributed by atoms with Crippen LogP contribution in [0.5, 0.6) is 0 Å². The van der Waals surface area contributed by atoms with Crippen molar-refractivity contribution in [1.82, 2.24) is 10.2 Å². The molecule has 2 rings (SSSR count). The molecule has 0 aliphatic carbocycles. The molecule has 7 heteroatoms. The first-order valence-electron chi connectivity index (χ1n) is 7.32. The van der Waals surface area contributed by atoms with Gasteiger partial charge in [-0.25, -0.2) is 18.4 Å². The molecule has 5 nitrogen and oxygen atoms in total. The Morgan fingerprint density at radius 1 is 1.30 bits per heavy atom. The molecule has 0 radical (unpaired) electrons. The van der Waals surface area contributed by atoms with Gasteiger partial charge in [-0.15, -0.1) is 0 Å². The lowest BCUT2D eigenvalue weighted by Crippen LogP contribution is -2.48. The standard InChI is InChI=1S/C16H18F2N2O3/c1-4-20-9(3)12(15(21)23-5-2)14(19-16(20)22)13-10(17)7-6-8-11(13)18/h6-8,14H,4-5H2,1-3H3,(H,19,22)/t14-/m0/s1. The molecule has 0 spiro atoms. The van der Waals surface area contributed by atoms with Crippen molar-refractivity contribution >= 4 is 12.0 Å². The van der Waals surface area contributed by atoms with Gasteiger partial charge in [0.25, 0.3) is 0 Å². The molecule has 0 unspecified atom stereocenters. The molecule has 23 heavy (non-hydrogen) atoms. The topological polar surface area (TPSA) is 58.6 Å². The second-order valence-corrected chi connectivity index (χ2v) is 4.98. The minimum Gasteiger partial charge on any atom is -0.463 e. The Balaban J connectivity index is 2.63. The smallest absolute Gasteiger partial charge is 0.338 e. The highest BCUT2D eigenvalue weighted by molar-refractivity contribution is 5.95. The summed E-state index contributed by atoms with van der Waals surface area (Å²) in [5.41, 5.74) is -0.0290. The summed E-state index contributed by atoms with van der Waals surface area (Å²) in [4.78, 5) is 25.8.